The van der Waals surface area contributed by atoms with Crippen LogP contribution in [0.25, 0.3) is 0 Å². The third kappa shape index (κ3) is 33.4. The van der Waals surface area contributed by atoms with Gasteiger partial charge in [0.25, 0.3) is 0 Å². The number of ether oxygens (including phenoxy) is 3. The van der Waals surface area contributed by atoms with Crippen molar-refractivity contribution < 1.29 is 38.2 Å². The number of aliphatic carboxylic acids is 1. The molecule has 51 heavy (non-hydrogen) atoms. The SMILES string of the molecule is CCCCCC/C=C/CCCC(=O)OCC(COCCC(C(=O)[O-])[N+](C)(C)C)OC(=O)CCCCCCC/C=C/CCCCCCCCCCC. The Hall–Kier alpha value is -2.19. The zero-order valence-corrected chi connectivity index (χ0v) is 33.8. The van der Waals surface area contributed by atoms with Crippen LogP contribution in [0.5, 0.6) is 0 Å². The Bertz CT molecular complexity index is 895. The Labute approximate surface area is 313 Å². The van der Waals surface area contributed by atoms with Gasteiger partial charge in [0.05, 0.1) is 40.3 Å². The van der Waals surface area contributed by atoms with Crippen molar-refractivity contribution in [2.45, 2.75) is 193 Å². The Kier molecular flexibility index (Phi) is 33.4. The predicted octanol–water partition coefficient (Wildman–Crippen LogP) is 9.58. The number of rotatable bonds is 37. The van der Waals surface area contributed by atoms with Crippen LogP contribution in [0.2, 0.25) is 0 Å². The molecule has 0 bridgehead atoms. The normalized spacial score (nSPS) is 13.2. The van der Waals surface area contributed by atoms with E-state index in [0.717, 1.165) is 44.9 Å². The van der Waals surface area contributed by atoms with Gasteiger partial charge in [-0.2, -0.15) is 0 Å². The standard InChI is InChI=1S/C43H79NO7/c1-6-8-10-12-14-16-17-18-19-20-21-22-23-24-26-28-30-32-34-42(46)51-39(37-49-36-35-40(43(47)48)44(3,4)5)38-50-41(45)33-31-29-27-25-15-13-11-9-7-2/h21-22,25,27,39-40H,6-20,23-24,26,28-38H2,1-5H3/b22-21+,27-25+. The minimum atomic E-state index is -1.13. The van der Waals surface area contributed by atoms with Crippen LogP contribution < -0.4 is 5.11 Å². The summed E-state index contributed by atoms with van der Waals surface area (Å²) in [4.78, 5) is 36.6. The molecule has 0 aromatic carbocycles. The van der Waals surface area contributed by atoms with E-state index in [-0.39, 0.29) is 42.7 Å². The monoisotopic (exact) mass is 722 g/mol. The number of carbonyl (C=O) groups is 3. The molecule has 0 aromatic heterocycles. The van der Waals surface area contributed by atoms with Gasteiger partial charge in [0.2, 0.25) is 0 Å². The summed E-state index contributed by atoms with van der Waals surface area (Å²) in [5, 5.41) is 11.6. The van der Waals surface area contributed by atoms with Gasteiger partial charge < -0.3 is 28.6 Å². The molecule has 0 fully saturated rings. The van der Waals surface area contributed by atoms with Crippen molar-refractivity contribution in [3.8, 4) is 0 Å². The summed E-state index contributed by atoms with van der Waals surface area (Å²) in [7, 11) is 5.39. The van der Waals surface area contributed by atoms with Gasteiger partial charge >= 0.3 is 11.9 Å². The zero-order chi connectivity index (χ0) is 37.8. The highest BCUT2D eigenvalue weighted by Crippen LogP contribution is 2.13. The highest BCUT2D eigenvalue weighted by atomic mass is 16.6. The van der Waals surface area contributed by atoms with E-state index in [4.69, 9.17) is 14.2 Å². The first kappa shape index (κ1) is 48.8. The Morgan fingerprint density at radius 1 is 0.569 bits per heavy atom. The molecule has 8 heteroatoms. The fourth-order valence-electron chi connectivity index (χ4n) is 6.01. The van der Waals surface area contributed by atoms with Crippen LogP contribution >= 0.6 is 0 Å². The van der Waals surface area contributed by atoms with E-state index in [1.54, 1.807) is 21.1 Å². The smallest absolute Gasteiger partial charge is 0.306 e. The third-order valence-corrected chi connectivity index (χ3v) is 9.31. The Morgan fingerprint density at radius 2 is 1.00 bits per heavy atom. The van der Waals surface area contributed by atoms with Gasteiger partial charge in [0, 0.05) is 19.3 Å². The van der Waals surface area contributed by atoms with E-state index in [2.05, 4.69) is 38.2 Å². The van der Waals surface area contributed by atoms with Crippen molar-refractivity contribution in [2.75, 3.05) is 41.0 Å². The molecule has 0 rings (SSSR count). The summed E-state index contributed by atoms with van der Waals surface area (Å²) in [5.41, 5.74) is 0. The van der Waals surface area contributed by atoms with E-state index in [9.17, 15) is 19.5 Å². The number of likely N-dealkylation sites (N-methyl/N-ethyl adjacent to an activating group) is 1. The molecule has 8 nitrogen and oxygen atoms in total. The summed E-state index contributed by atoms with van der Waals surface area (Å²) < 4.78 is 17.1. The largest absolute Gasteiger partial charge is 0.544 e. The molecular weight excluding hydrogens is 642 g/mol. The first-order valence-corrected chi connectivity index (χ1v) is 20.9. The van der Waals surface area contributed by atoms with Gasteiger partial charge in [-0.25, -0.2) is 0 Å². The lowest BCUT2D eigenvalue weighted by atomic mass is 10.1. The minimum Gasteiger partial charge on any atom is -0.544 e. The van der Waals surface area contributed by atoms with E-state index < -0.39 is 18.1 Å². The molecule has 2 atom stereocenters. The maximum atomic E-state index is 12.7. The van der Waals surface area contributed by atoms with Crippen LogP contribution in [0.4, 0.5) is 0 Å². The van der Waals surface area contributed by atoms with Gasteiger partial charge in [-0.15, -0.1) is 0 Å². The van der Waals surface area contributed by atoms with E-state index in [1.807, 2.05) is 0 Å². The second kappa shape index (κ2) is 34.9. The van der Waals surface area contributed by atoms with Gasteiger partial charge in [-0.05, 0) is 57.8 Å². The molecule has 0 saturated carbocycles. The lowest BCUT2D eigenvalue weighted by molar-refractivity contribution is -0.889. The van der Waals surface area contributed by atoms with Crippen molar-refractivity contribution in [3.05, 3.63) is 24.3 Å². The van der Waals surface area contributed by atoms with Crippen LogP contribution in [0, 0.1) is 0 Å². The Morgan fingerprint density at radius 3 is 1.49 bits per heavy atom. The van der Waals surface area contributed by atoms with Crippen LogP contribution in [-0.2, 0) is 28.6 Å². The van der Waals surface area contributed by atoms with Crippen LogP contribution in [0.1, 0.15) is 181 Å². The number of unbranched alkanes of at least 4 members (excludes halogenated alkanes) is 19. The van der Waals surface area contributed by atoms with Crippen LogP contribution in [0.3, 0.4) is 0 Å². The summed E-state index contributed by atoms with van der Waals surface area (Å²) in [5.74, 6) is -1.79. The lowest BCUT2D eigenvalue weighted by Gasteiger charge is -2.34. The molecule has 298 valence electrons. The van der Waals surface area contributed by atoms with Gasteiger partial charge in [0.15, 0.2) is 6.10 Å². The van der Waals surface area contributed by atoms with E-state index in [1.165, 1.54) is 96.3 Å². The maximum Gasteiger partial charge on any atom is 0.306 e. The molecule has 0 radical (unpaired) electrons. The molecule has 2 unspecified atom stereocenters. The number of carboxylic acids is 1. The first-order valence-electron chi connectivity index (χ1n) is 20.9. The fraction of sp³-hybridized carbons (Fsp3) is 0.837. The molecule has 0 N–H and O–H groups in total. The quantitative estimate of drug-likeness (QED) is 0.0273. The highest BCUT2D eigenvalue weighted by molar-refractivity contribution is 5.70. The number of carboxylic acid groups (broad SMARTS) is 1. The second-order valence-electron chi connectivity index (χ2n) is 15.2. The van der Waals surface area contributed by atoms with Gasteiger partial charge in [-0.3, -0.25) is 9.59 Å². The molecular formula is C43H79NO7. The topological polar surface area (TPSA) is 102 Å². The Balaban J connectivity index is 4.34. The number of esters is 2. The molecule has 0 aliphatic rings. The first-order chi connectivity index (χ1) is 24.6. The number of nitrogens with zero attached hydrogens (tertiary/aromatic N) is 1. The van der Waals surface area contributed by atoms with Crippen molar-refractivity contribution in [1.82, 2.24) is 0 Å². The van der Waals surface area contributed by atoms with Gasteiger partial charge in [0.1, 0.15) is 12.6 Å². The average Bonchev–Trinajstić information content (AvgIpc) is 3.08. The van der Waals surface area contributed by atoms with Crippen LogP contribution in [0.15, 0.2) is 24.3 Å². The molecule has 0 amide bonds. The second-order valence-corrected chi connectivity index (χ2v) is 15.2. The van der Waals surface area contributed by atoms with Crippen molar-refractivity contribution in [3.63, 3.8) is 0 Å². The number of hydrogen-bond donors (Lipinski definition) is 0. The number of carbonyl (C=O) groups excluding carboxylic acids is 3. The molecule has 0 spiro atoms. The minimum absolute atomic E-state index is 0.0311. The van der Waals surface area contributed by atoms with Gasteiger partial charge in [-0.1, -0.05) is 128 Å². The third-order valence-electron chi connectivity index (χ3n) is 9.31. The van der Waals surface area contributed by atoms with Crippen molar-refractivity contribution in [2.24, 2.45) is 0 Å². The van der Waals surface area contributed by atoms with E-state index in [0.29, 0.717) is 19.3 Å². The number of allylic oxidation sites excluding steroid dienone is 4. The number of hydrogen-bond acceptors (Lipinski definition) is 7. The fourth-order valence-corrected chi connectivity index (χ4v) is 6.01. The molecule has 0 aliphatic carbocycles. The molecule has 0 saturated heterocycles. The molecule has 0 heterocycles. The highest BCUT2D eigenvalue weighted by Gasteiger charge is 2.25. The summed E-state index contributed by atoms with van der Waals surface area (Å²) in [6.07, 6.45) is 36.4. The summed E-state index contributed by atoms with van der Waals surface area (Å²) in [6, 6.07) is -0.727. The predicted molar refractivity (Wildman–Crippen MR) is 208 cm³/mol. The molecule has 0 aromatic rings. The van der Waals surface area contributed by atoms with E-state index >= 15 is 0 Å². The van der Waals surface area contributed by atoms with Crippen molar-refractivity contribution in [1.29, 1.82) is 0 Å². The lowest BCUT2D eigenvalue weighted by Crippen LogP contribution is -2.55. The number of quaternary nitrogens is 1. The van der Waals surface area contributed by atoms with Crippen molar-refractivity contribution >= 4 is 17.9 Å². The average molecular weight is 722 g/mol. The molecule has 0 aliphatic heterocycles. The maximum absolute atomic E-state index is 12.7. The zero-order valence-electron chi connectivity index (χ0n) is 33.8. The summed E-state index contributed by atoms with van der Waals surface area (Å²) >= 11 is 0. The van der Waals surface area contributed by atoms with Crippen LogP contribution in [-0.4, -0.2) is 75.5 Å². The summed E-state index contributed by atoms with van der Waals surface area (Å²) in [6.45, 7) is 4.59.